The maximum atomic E-state index is 10.8. The summed E-state index contributed by atoms with van der Waals surface area (Å²) in [5, 5.41) is 11.9. The first-order valence-corrected chi connectivity index (χ1v) is 6.70. The molecule has 0 bridgehead atoms. The number of ether oxygens (including phenoxy) is 1. The Morgan fingerprint density at radius 1 is 1.38 bits per heavy atom. The molecule has 21 heavy (non-hydrogen) atoms. The van der Waals surface area contributed by atoms with Crippen molar-refractivity contribution in [1.82, 2.24) is 10.3 Å². The lowest BCUT2D eigenvalue weighted by Gasteiger charge is -2.19. The number of nitrogens with one attached hydrogen (secondary N) is 1. The van der Waals surface area contributed by atoms with E-state index >= 15 is 0 Å². The zero-order valence-corrected chi connectivity index (χ0v) is 12.2. The van der Waals surface area contributed by atoms with Gasteiger partial charge in [-0.15, -0.1) is 0 Å². The highest BCUT2D eigenvalue weighted by atomic mass is 35.5. The molecular weight excluding hydrogens is 292 g/mol. The van der Waals surface area contributed by atoms with Gasteiger partial charge in [-0.25, -0.2) is 9.78 Å². The number of nitrogens with zero attached hydrogens (tertiary/aromatic N) is 1. The lowest BCUT2D eigenvalue weighted by atomic mass is 9.92. The minimum atomic E-state index is -1.07. The number of carboxylic acid groups (broad SMARTS) is 1. The molecule has 1 aromatic heterocycles. The lowest BCUT2D eigenvalue weighted by molar-refractivity contribution is 0.194. The van der Waals surface area contributed by atoms with Crippen LogP contribution in [0.15, 0.2) is 42.6 Å². The third-order valence-corrected chi connectivity index (χ3v) is 3.35. The quantitative estimate of drug-likeness (QED) is 0.890. The van der Waals surface area contributed by atoms with Crippen LogP contribution in [0.5, 0.6) is 5.88 Å². The molecule has 1 amide bonds. The van der Waals surface area contributed by atoms with Crippen LogP contribution < -0.4 is 10.1 Å². The number of amides is 1. The first-order valence-electron chi connectivity index (χ1n) is 6.33. The van der Waals surface area contributed by atoms with Crippen LogP contribution in [0.2, 0.25) is 5.02 Å². The highest BCUT2D eigenvalue weighted by Crippen LogP contribution is 2.30. The van der Waals surface area contributed by atoms with Crippen molar-refractivity contribution in [3.63, 3.8) is 0 Å². The first kappa shape index (κ1) is 15.1. The van der Waals surface area contributed by atoms with Gasteiger partial charge in [0.05, 0.1) is 7.11 Å². The molecule has 0 saturated heterocycles. The fraction of sp³-hybridized carbons (Fsp3) is 0.200. The van der Waals surface area contributed by atoms with E-state index in [9.17, 15) is 4.79 Å². The molecule has 0 aliphatic rings. The standard InChI is InChI=1S/C15H15ClN2O3/c1-21-14-12(3-2-8-17-14)13(9-18-15(19)20)10-4-6-11(16)7-5-10/h2-8,13,18H,9H2,1H3,(H,19,20). The van der Waals surface area contributed by atoms with Gasteiger partial charge < -0.3 is 15.2 Å². The summed E-state index contributed by atoms with van der Waals surface area (Å²) in [5.74, 6) is 0.270. The molecule has 110 valence electrons. The Kier molecular flexibility index (Phi) is 5.00. The normalized spacial score (nSPS) is 11.7. The summed E-state index contributed by atoms with van der Waals surface area (Å²) in [4.78, 5) is 15.0. The Morgan fingerprint density at radius 3 is 2.71 bits per heavy atom. The predicted molar refractivity (Wildman–Crippen MR) is 80.1 cm³/mol. The Labute approximate surface area is 127 Å². The number of pyridine rings is 1. The van der Waals surface area contributed by atoms with Crippen LogP contribution in [0.1, 0.15) is 17.0 Å². The molecule has 1 aromatic carbocycles. The zero-order chi connectivity index (χ0) is 15.2. The fourth-order valence-corrected chi connectivity index (χ4v) is 2.26. The van der Waals surface area contributed by atoms with Crippen LogP contribution >= 0.6 is 11.6 Å². The third kappa shape index (κ3) is 3.86. The zero-order valence-electron chi connectivity index (χ0n) is 11.4. The molecule has 2 N–H and O–H groups in total. The number of halogens is 1. The third-order valence-electron chi connectivity index (χ3n) is 3.10. The molecule has 1 atom stereocenters. The van der Waals surface area contributed by atoms with E-state index in [0.717, 1.165) is 11.1 Å². The smallest absolute Gasteiger partial charge is 0.404 e. The molecule has 0 aliphatic heterocycles. The molecule has 1 unspecified atom stereocenters. The summed E-state index contributed by atoms with van der Waals surface area (Å²) >= 11 is 5.90. The summed E-state index contributed by atoms with van der Waals surface area (Å²) in [6.45, 7) is 0.221. The number of carbonyl (C=O) groups is 1. The Bertz CT molecular complexity index is 617. The monoisotopic (exact) mass is 306 g/mol. The molecular formula is C15H15ClN2O3. The van der Waals surface area contributed by atoms with Gasteiger partial charge in [-0.05, 0) is 23.8 Å². The van der Waals surface area contributed by atoms with Crippen molar-refractivity contribution in [3.8, 4) is 5.88 Å². The van der Waals surface area contributed by atoms with Crippen molar-refractivity contribution < 1.29 is 14.6 Å². The highest BCUT2D eigenvalue weighted by molar-refractivity contribution is 6.30. The molecule has 0 aliphatic carbocycles. The van der Waals surface area contributed by atoms with E-state index in [1.165, 1.54) is 7.11 Å². The summed E-state index contributed by atoms with van der Waals surface area (Å²) in [6, 6.07) is 10.9. The van der Waals surface area contributed by atoms with E-state index in [0.29, 0.717) is 10.9 Å². The highest BCUT2D eigenvalue weighted by Gasteiger charge is 2.19. The number of methoxy groups -OCH3 is 1. The van der Waals surface area contributed by atoms with Crippen LogP contribution in [0.3, 0.4) is 0 Å². The van der Waals surface area contributed by atoms with E-state index in [2.05, 4.69) is 10.3 Å². The second-order valence-corrected chi connectivity index (χ2v) is 4.83. The van der Waals surface area contributed by atoms with Gasteiger partial charge in [0.25, 0.3) is 0 Å². The molecule has 1 heterocycles. The van der Waals surface area contributed by atoms with Crippen molar-refractivity contribution >= 4 is 17.7 Å². The van der Waals surface area contributed by atoms with Crippen molar-refractivity contribution in [2.45, 2.75) is 5.92 Å². The van der Waals surface area contributed by atoms with Gasteiger partial charge in [-0.2, -0.15) is 0 Å². The molecule has 0 saturated carbocycles. The Hall–Kier alpha value is -2.27. The average molecular weight is 307 g/mol. The van der Waals surface area contributed by atoms with Gasteiger partial charge in [-0.1, -0.05) is 29.8 Å². The van der Waals surface area contributed by atoms with E-state index in [-0.39, 0.29) is 12.5 Å². The topological polar surface area (TPSA) is 71.5 Å². The molecule has 0 fully saturated rings. The second-order valence-electron chi connectivity index (χ2n) is 4.39. The summed E-state index contributed by atoms with van der Waals surface area (Å²) in [7, 11) is 1.54. The Morgan fingerprint density at radius 2 is 2.10 bits per heavy atom. The SMILES string of the molecule is COc1ncccc1C(CNC(=O)O)c1ccc(Cl)cc1. The van der Waals surface area contributed by atoms with Gasteiger partial charge in [0.15, 0.2) is 0 Å². The molecule has 5 nitrogen and oxygen atoms in total. The molecule has 6 heteroatoms. The summed E-state index contributed by atoms with van der Waals surface area (Å²) < 4.78 is 5.27. The maximum absolute atomic E-state index is 10.8. The van der Waals surface area contributed by atoms with Gasteiger partial charge >= 0.3 is 6.09 Å². The van der Waals surface area contributed by atoms with Crippen LogP contribution in [0, 0.1) is 0 Å². The number of benzene rings is 1. The van der Waals surface area contributed by atoms with E-state index in [1.807, 2.05) is 18.2 Å². The number of hydrogen-bond donors (Lipinski definition) is 2. The van der Waals surface area contributed by atoms with Gasteiger partial charge in [0.2, 0.25) is 5.88 Å². The molecule has 0 spiro atoms. The van der Waals surface area contributed by atoms with Crippen molar-refractivity contribution in [2.24, 2.45) is 0 Å². The van der Waals surface area contributed by atoms with E-state index in [1.54, 1.807) is 24.4 Å². The minimum Gasteiger partial charge on any atom is -0.481 e. The number of aromatic nitrogens is 1. The average Bonchev–Trinajstić information content (AvgIpc) is 2.49. The van der Waals surface area contributed by atoms with Crippen molar-refractivity contribution in [2.75, 3.05) is 13.7 Å². The minimum absolute atomic E-state index is 0.206. The predicted octanol–water partition coefficient (Wildman–Crippen LogP) is 3.14. The fourth-order valence-electron chi connectivity index (χ4n) is 2.13. The summed E-state index contributed by atoms with van der Waals surface area (Å²) in [5.41, 5.74) is 1.75. The second kappa shape index (κ2) is 6.95. The molecule has 2 aromatic rings. The van der Waals surface area contributed by atoms with Crippen molar-refractivity contribution in [3.05, 3.63) is 58.7 Å². The Balaban J connectivity index is 2.39. The van der Waals surface area contributed by atoms with Crippen LogP contribution in [-0.2, 0) is 0 Å². The first-order chi connectivity index (χ1) is 10.1. The van der Waals surface area contributed by atoms with Crippen LogP contribution in [0.4, 0.5) is 4.79 Å². The lowest BCUT2D eigenvalue weighted by Crippen LogP contribution is -2.27. The van der Waals surface area contributed by atoms with E-state index in [4.69, 9.17) is 21.4 Å². The van der Waals surface area contributed by atoms with Crippen LogP contribution in [0.25, 0.3) is 0 Å². The largest absolute Gasteiger partial charge is 0.481 e. The summed E-state index contributed by atoms with van der Waals surface area (Å²) in [6.07, 6.45) is 0.558. The molecule has 2 rings (SSSR count). The van der Waals surface area contributed by atoms with Crippen molar-refractivity contribution in [1.29, 1.82) is 0 Å². The van der Waals surface area contributed by atoms with Gasteiger partial charge in [0, 0.05) is 29.2 Å². The number of hydrogen-bond acceptors (Lipinski definition) is 3. The van der Waals surface area contributed by atoms with Gasteiger partial charge in [-0.3, -0.25) is 0 Å². The molecule has 0 radical (unpaired) electrons. The number of rotatable bonds is 5. The van der Waals surface area contributed by atoms with E-state index < -0.39 is 6.09 Å². The maximum Gasteiger partial charge on any atom is 0.404 e. The van der Waals surface area contributed by atoms with Gasteiger partial charge in [0.1, 0.15) is 0 Å². The van der Waals surface area contributed by atoms with Crippen LogP contribution in [-0.4, -0.2) is 29.8 Å².